The lowest BCUT2D eigenvalue weighted by molar-refractivity contribution is 0.250. The van der Waals surface area contributed by atoms with Crippen LogP contribution >= 0.6 is 11.6 Å². The highest BCUT2D eigenvalue weighted by Crippen LogP contribution is 2.27. The van der Waals surface area contributed by atoms with Gasteiger partial charge in [0.2, 0.25) is 0 Å². The number of anilines is 1. The van der Waals surface area contributed by atoms with E-state index in [-0.39, 0.29) is 5.82 Å². The van der Waals surface area contributed by atoms with E-state index in [0.29, 0.717) is 41.5 Å². The Morgan fingerprint density at radius 2 is 1.64 bits per heavy atom. The van der Waals surface area contributed by atoms with Crippen molar-refractivity contribution in [3.8, 4) is 12.1 Å². The first-order valence-corrected chi connectivity index (χ1v) is 8.34. The van der Waals surface area contributed by atoms with Crippen molar-refractivity contribution < 1.29 is 4.39 Å². The van der Waals surface area contributed by atoms with Crippen molar-refractivity contribution in [3.05, 3.63) is 63.9 Å². The molecule has 0 amide bonds. The Balaban J connectivity index is 1.71. The van der Waals surface area contributed by atoms with Crippen LogP contribution in [0.3, 0.4) is 0 Å². The third-order valence-electron chi connectivity index (χ3n) is 4.37. The number of benzene rings is 2. The predicted molar refractivity (Wildman–Crippen MR) is 94.8 cm³/mol. The molecule has 2 aromatic carbocycles. The number of hydrogen-bond acceptors (Lipinski definition) is 4. The van der Waals surface area contributed by atoms with Crippen LogP contribution in [0.2, 0.25) is 5.02 Å². The molecule has 1 aliphatic rings. The Bertz CT molecular complexity index is 828. The summed E-state index contributed by atoms with van der Waals surface area (Å²) in [4.78, 5) is 4.32. The van der Waals surface area contributed by atoms with E-state index in [4.69, 9.17) is 11.6 Å². The first-order chi connectivity index (χ1) is 12.1. The van der Waals surface area contributed by atoms with E-state index in [0.717, 1.165) is 18.7 Å². The van der Waals surface area contributed by atoms with Crippen LogP contribution in [0.25, 0.3) is 0 Å². The molecular weight excluding hydrogens is 339 g/mol. The number of nitriles is 2. The van der Waals surface area contributed by atoms with Gasteiger partial charge in [0.15, 0.2) is 0 Å². The Morgan fingerprint density at radius 3 is 2.20 bits per heavy atom. The smallest absolute Gasteiger partial charge is 0.124 e. The lowest BCUT2D eigenvalue weighted by Gasteiger charge is -2.37. The van der Waals surface area contributed by atoms with Gasteiger partial charge in [0.1, 0.15) is 18.0 Å². The van der Waals surface area contributed by atoms with Gasteiger partial charge in [-0.15, -0.1) is 0 Å². The second kappa shape index (κ2) is 7.53. The number of hydrogen-bond donors (Lipinski definition) is 0. The first-order valence-electron chi connectivity index (χ1n) is 7.97. The summed E-state index contributed by atoms with van der Waals surface area (Å²) >= 11 is 6.10. The summed E-state index contributed by atoms with van der Waals surface area (Å²) in [6, 6.07) is 14.0. The van der Waals surface area contributed by atoms with Crippen LogP contribution in [-0.2, 0) is 6.54 Å². The van der Waals surface area contributed by atoms with Crippen molar-refractivity contribution in [2.24, 2.45) is 0 Å². The normalized spacial score (nSPS) is 14.8. The third kappa shape index (κ3) is 3.74. The van der Waals surface area contributed by atoms with Crippen molar-refractivity contribution in [2.45, 2.75) is 6.54 Å². The van der Waals surface area contributed by atoms with Crippen LogP contribution < -0.4 is 4.90 Å². The van der Waals surface area contributed by atoms with E-state index >= 15 is 0 Å². The summed E-state index contributed by atoms with van der Waals surface area (Å²) < 4.78 is 13.2. The SMILES string of the molecule is N#Cc1cccc(C#N)c1N1CCN(Cc2ccc(F)cc2Cl)CC1. The van der Waals surface area contributed by atoms with Gasteiger partial charge in [-0.1, -0.05) is 23.7 Å². The number of para-hydroxylation sites is 1. The van der Waals surface area contributed by atoms with Crippen LogP contribution in [0.4, 0.5) is 10.1 Å². The molecule has 6 heteroatoms. The number of nitrogens with zero attached hydrogens (tertiary/aromatic N) is 4. The molecule has 1 aliphatic heterocycles. The molecule has 0 N–H and O–H groups in total. The van der Waals surface area contributed by atoms with Crippen LogP contribution in [0.5, 0.6) is 0 Å². The van der Waals surface area contributed by atoms with Gasteiger partial charge >= 0.3 is 0 Å². The molecule has 4 nitrogen and oxygen atoms in total. The van der Waals surface area contributed by atoms with Crippen LogP contribution in [0.1, 0.15) is 16.7 Å². The zero-order chi connectivity index (χ0) is 17.8. The molecule has 2 aromatic rings. The fourth-order valence-electron chi connectivity index (χ4n) is 3.09. The summed E-state index contributed by atoms with van der Waals surface area (Å²) in [5.41, 5.74) is 2.65. The molecule has 126 valence electrons. The predicted octanol–water partition coefficient (Wildman–Crippen LogP) is 3.54. The quantitative estimate of drug-likeness (QED) is 0.846. The Morgan fingerprint density at radius 1 is 1.00 bits per heavy atom. The van der Waals surface area contributed by atoms with Crippen molar-refractivity contribution >= 4 is 17.3 Å². The molecule has 0 unspecified atom stereocenters. The molecule has 3 rings (SSSR count). The Hall–Kier alpha value is -2.60. The molecular formula is C19H16ClFN4. The molecule has 0 bridgehead atoms. The van der Waals surface area contributed by atoms with E-state index in [1.165, 1.54) is 12.1 Å². The second-order valence-electron chi connectivity index (χ2n) is 5.92. The largest absolute Gasteiger partial charge is 0.367 e. The minimum atomic E-state index is -0.337. The number of halogens is 2. The van der Waals surface area contributed by atoms with Crippen molar-refractivity contribution in [1.29, 1.82) is 10.5 Å². The average Bonchev–Trinajstić information content (AvgIpc) is 2.64. The molecule has 0 atom stereocenters. The minimum Gasteiger partial charge on any atom is -0.367 e. The van der Waals surface area contributed by atoms with Gasteiger partial charge in [-0.2, -0.15) is 10.5 Å². The summed E-state index contributed by atoms with van der Waals surface area (Å²) in [5.74, 6) is -0.337. The minimum absolute atomic E-state index is 0.337. The third-order valence-corrected chi connectivity index (χ3v) is 4.73. The zero-order valence-corrected chi connectivity index (χ0v) is 14.3. The van der Waals surface area contributed by atoms with Gasteiger partial charge < -0.3 is 4.90 Å². The lowest BCUT2D eigenvalue weighted by Crippen LogP contribution is -2.46. The summed E-state index contributed by atoms with van der Waals surface area (Å²) in [6.45, 7) is 3.63. The molecule has 0 spiro atoms. The van der Waals surface area contributed by atoms with E-state index in [2.05, 4.69) is 21.9 Å². The highest BCUT2D eigenvalue weighted by Gasteiger charge is 2.22. The maximum Gasteiger partial charge on any atom is 0.124 e. The van der Waals surface area contributed by atoms with Gasteiger partial charge in [-0.05, 0) is 29.8 Å². The van der Waals surface area contributed by atoms with Crippen LogP contribution in [0.15, 0.2) is 36.4 Å². The van der Waals surface area contributed by atoms with Gasteiger partial charge in [0.25, 0.3) is 0 Å². The monoisotopic (exact) mass is 354 g/mol. The van der Waals surface area contributed by atoms with E-state index in [1.54, 1.807) is 24.3 Å². The lowest BCUT2D eigenvalue weighted by atomic mass is 10.1. The van der Waals surface area contributed by atoms with Gasteiger partial charge in [-0.25, -0.2) is 4.39 Å². The summed E-state index contributed by atoms with van der Waals surface area (Å²) in [6.07, 6.45) is 0. The molecule has 1 fully saturated rings. The maximum absolute atomic E-state index is 13.2. The highest BCUT2D eigenvalue weighted by atomic mass is 35.5. The van der Waals surface area contributed by atoms with Crippen LogP contribution in [0, 0.1) is 28.5 Å². The van der Waals surface area contributed by atoms with Gasteiger partial charge in [-0.3, -0.25) is 4.90 Å². The highest BCUT2D eigenvalue weighted by molar-refractivity contribution is 6.31. The first kappa shape index (κ1) is 17.2. The molecule has 25 heavy (non-hydrogen) atoms. The second-order valence-corrected chi connectivity index (χ2v) is 6.33. The topological polar surface area (TPSA) is 54.1 Å². The zero-order valence-electron chi connectivity index (χ0n) is 13.5. The van der Waals surface area contributed by atoms with E-state index in [1.807, 2.05) is 0 Å². The molecule has 0 saturated carbocycles. The van der Waals surface area contributed by atoms with Gasteiger partial charge in [0, 0.05) is 37.7 Å². The Labute approximate surface area is 151 Å². The molecule has 1 saturated heterocycles. The summed E-state index contributed by atoms with van der Waals surface area (Å²) in [7, 11) is 0. The Kier molecular flexibility index (Phi) is 5.19. The molecule has 0 radical (unpaired) electrons. The van der Waals surface area contributed by atoms with Crippen LogP contribution in [-0.4, -0.2) is 31.1 Å². The molecule has 0 aliphatic carbocycles. The fourth-order valence-corrected chi connectivity index (χ4v) is 3.31. The standard InChI is InChI=1S/C19H16ClFN4/c20-18-10-17(21)5-4-16(18)13-24-6-8-25(9-7-24)19-14(11-22)2-1-3-15(19)12-23/h1-5,10H,6-9,13H2. The average molecular weight is 355 g/mol. The molecule has 0 aromatic heterocycles. The van der Waals surface area contributed by atoms with E-state index < -0.39 is 0 Å². The van der Waals surface area contributed by atoms with E-state index in [9.17, 15) is 14.9 Å². The summed E-state index contributed by atoms with van der Waals surface area (Å²) in [5, 5.41) is 19.1. The van der Waals surface area contributed by atoms with Gasteiger partial charge in [0.05, 0.1) is 16.8 Å². The fraction of sp³-hybridized carbons (Fsp3) is 0.263. The van der Waals surface area contributed by atoms with Crippen molar-refractivity contribution in [1.82, 2.24) is 4.90 Å². The maximum atomic E-state index is 13.2. The number of rotatable bonds is 3. The molecule has 1 heterocycles. The van der Waals surface area contributed by atoms with Crippen molar-refractivity contribution in [2.75, 3.05) is 31.1 Å². The number of piperazine rings is 1. The van der Waals surface area contributed by atoms with Crippen molar-refractivity contribution in [3.63, 3.8) is 0 Å².